The van der Waals surface area contributed by atoms with Gasteiger partial charge in [-0.25, -0.2) is 4.98 Å². The van der Waals surface area contributed by atoms with Crippen molar-refractivity contribution in [3.8, 4) is 5.88 Å². The Morgan fingerprint density at radius 3 is 2.50 bits per heavy atom. The summed E-state index contributed by atoms with van der Waals surface area (Å²) in [6, 6.07) is 19.9. The van der Waals surface area contributed by atoms with Gasteiger partial charge in [0.2, 0.25) is 5.88 Å². The Kier molecular flexibility index (Phi) is 3.84. The Morgan fingerprint density at radius 2 is 1.70 bits per heavy atom. The van der Waals surface area contributed by atoms with E-state index in [0.29, 0.717) is 18.4 Å². The summed E-state index contributed by atoms with van der Waals surface area (Å²) >= 11 is 6.01. The second kappa shape index (κ2) is 5.93. The fourth-order valence-electron chi connectivity index (χ4n) is 2.14. The first-order chi connectivity index (χ1) is 9.86. The Bertz CT molecular complexity index is 713. The summed E-state index contributed by atoms with van der Waals surface area (Å²) in [5, 5.41) is 1.08. The molecule has 0 aliphatic heterocycles. The van der Waals surface area contributed by atoms with E-state index in [1.54, 1.807) is 0 Å². The van der Waals surface area contributed by atoms with Crippen molar-refractivity contribution in [3.05, 3.63) is 71.8 Å². The molecule has 3 aromatic rings. The van der Waals surface area contributed by atoms with Crippen LogP contribution in [0.15, 0.2) is 60.7 Å². The minimum absolute atomic E-state index is 0.449. The predicted molar refractivity (Wildman–Crippen MR) is 82.1 cm³/mol. The second-order valence-corrected chi connectivity index (χ2v) is 4.81. The van der Waals surface area contributed by atoms with E-state index in [1.165, 1.54) is 0 Å². The van der Waals surface area contributed by atoms with Gasteiger partial charge in [0.05, 0.1) is 5.52 Å². The molecule has 0 spiro atoms. The van der Waals surface area contributed by atoms with Crippen molar-refractivity contribution in [2.75, 3.05) is 0 Å². The number of rotatable bonds is 4. The molecule has 0 fully saturated rings. The van der Waals surface area contributed by atoms with Gasteiger partial charge < -0.3 is 4.74 Å². The predicted octanol–water partition coefficient (Wildman–Crippen LogP) is 4.55. The van der Waals surface area contributed by atoms with Crippen LogP contribution < -0.4 is 4.74 Å². The first-order valence-corrected chi connectivity index (χ1v) is 7.01. The summed E-state index contributed by atoms with van der Waals surface area (Å²) in [5.41, 5.74) is 3.07. The first kappa shape index (κ1) is 12.9. The minimum atomic E-state index is 0.449. The largest absolute Gasteiger partial charge is 0.473 e. The van der Waals surface area contributed by atoms with Crippen LogP contribution in [0.3, 0.4) is 0 Å². The molecule has 0 saturated heterocycles. The standard InChI is InChI=1S/C17H14ClNO/c18-11-14-10-17(19-16-9-5-4-8-15(14)16)20-12-13-6-2-1-3-7-13/h1-10H,11-12H2. The van der Waals surface area contributed by atoms with E-state index in [4.69, 9.17) is 16.3 Å². The zero-order valence-corrected chi connectivity index (χ0v) is 11.7. The molecule has 3 heteroatoms. The number of benzene rings is 2. The highest BCUT2D eigenvalue weighted by molar-refractivity contribution is 6.18. The third-order valence-electron chi connectivity index (χ3n) is 3.15. The van der Waals surface area contributed by atoms with Crippen molar-refractivity contribution in [1.82, 2.24) is 4.98 Å². The molecule has 0 amide bonds. The Labute approximate surface area is 123 Å². The van der Waals surface area contributed by atoms with Crippen LogP contribution in [-0.4, -0.2) is 4.98 Å². The quantitative estimate of drug-likeness (QED) is 0.655. The lowest BCUT2D eigenvalue weighted by molar-refractivity contribution is 0.295. The summed E-state index contributed by atoms with van der Waals surface area (Å²) in [5.74, 6) is 1.06. The van der Waals surface area contributed by atoms with E-state index in [0.717, 1.165) is 22.0 Å². The molecular weight excluding hydrogens is 270 g/mol. The van der Waals surface area contributed by atoms with Crippen LogP contribution in [0.4, 0.5) is 0 Å². The molecule has 0 atom stereocenters. The zero-order chi connectivity index (χ0) is 13.8. The van der Waals surface area contributed by atoms with Gasteiger partial charge >= 0.3 is 0 Å². The first-order valence-electron chi connectivity index (χ1n) is 6.48. The van der Waals surface area contributed by atoms with Crippen LogP contribution in [-0.2, 0) is 12.5 Å². The fraction of sp³-hybridized carbons (Fsp3) is 0.118. The molecule has 2 aromatic carbocycles. The van der Waals surface area contributed by atoms with Crippen molar-refractivity contribution in [3.63, 3.8) is 0 Å². The van der Waals surface area contributed by atoms with E-state index >= 15 is 0 Å². The number of nitrogens with zero attached hydrogens (tertiary/aromatic N) is 1. The van der Waals surface area contributed by atoms with E-state index in [2.05, 4.69) is 4.98 Å². The van der Waals surface area contributed by atoms with Gasteiger partial charge in [-0.1, -0.05) is 48.5 Å². The molecule has 0 aliphatic carbocycles. The Balaban J connectivity index is 1.88. The summed E-state index contributed by atoms with van der Waals surface area (Å²) in [4.78, 5) is 4.52. The maximum atomic E-state index is 6.01. The van der Waals surface area contributed by atoms with Crippen molar-refractivity contribution in [2.45, 2.75) is 12.5 Å². The lowest BCUT2D eigenvalue weighted by atomic mass is 10.1. The van der Waals surface area contributed by atoms with Crippen molar-refractivity contribution >= 4 is 22.5 Å². The normalized spacial score (nSPS) is 10.7. The van der Waals surface area contributed by atoms with E-state index < -0.39 is 0 Å². The van der Waals surface area contributed by atoms with Gasteiger partial charge in [-0.2, -0.15) is 0 Å². The Hall–Kier alpha value is -2.06. The highest BCUT2D eigenvalue weighted by atomic mass is 35.5. The molecule has 20 heavy (non-hydrogen) atoms. The molecule has 0 radical (unpaired) electrons. The molecule has 1 heterocycles. The SMILES string of the molecule is ClCc1cc(OCc2ccccc2)nc2ccccc12. The summed E-state index contributed by atoms with van der Waals surface area (Å²) in [7, 11) is 0. The third-order valence-corrected chi connectivity index (χ3v) is 3.44. The minimum Gasteiger partial charge on any atom is -0.473 e. The number of pyridine rings is 1. The number of ether oxygens (including phenoxy) is 1. The molecule has 0 N–H and O–H groups in total. The van der Waals surface area contributed by atoms with Crippen molar-refractivity contribution in [2.24, 2.45) is 0 Å². The van der Waals surface area contributed by atoms with Crippen LogP contribution in [0.25, 0.3) is 10.9 Å². The van der Waals surface area contributed by atoms with Crippen LogP contribution >= 0.6 is 11.6 Å². The van der Waals surface area contributed by atoms with Crippen LogP contribution in [0.1, 0.15) is 11.1 Å². The number of para-hydroxylation sites is 1. The summed E-state index contributed by atoms with van der Waals surface area (Å²) < 4.78 is 5.77. The molecule has 0 aliphatic rings. The molecular formula is C17H14ClNO. The van der Waals surface area contributed by atoms with Crippen LogP contribution in [0.5, 0.6) is 5.88 Å². The zero-order valence-electron chi connectivity index (χ0n) is 10.9. The average Bonchev–Trinajstić information content (AvgIpc) is 2.53. The Morgan fingerprint density at radius 1 is 0.950 bits per heavy atom. The van der Waals surface area contributed by atoms with Gasteiger partial charge in [-0.15, -0.1) is 11.6 Å². The lowest BCUT2D eigenvalue weighted by Crippen LogP contribution is -1.98. The lowest BCUT2D eigenvalue weighted by Gasteiger charge is -2.09. The summed E-state index contributed by atoms with van der Waals surface area (Å²) in [6.45, 7) is 0.508. The molecule has 0 saturated carbocycles. The summed E-state index contributed by atoms with van der Waals surface area (Å²) in [6.07, 6.45) is 0. The maximum absolute atomic E-state index is 6.01. The molecule has 0 bridgehead atoms. The van der Waals surface area contributed by atoms with Crippen LogP contribution in [0.2, 0.25) is 0 Å². The average molecular weight is 284 g/mol. The number of aromatic nitrogens is 1. The molecule has 0 unspecified atom stereocenters. The highest BCUT2D eigenvalue weighted by Gasteiger charge is 2.05. The molecule has 1 aromatic heterocycles. The topological polar surface area (TPSA) is 22.1 Å². The number of hydrogen-bond donors (Lipinski definition) is 0. The van der Waals surface area contributed by atoms with Gasteiger partial charge in [-0.3, -0.25) is 0 Å². The van der Waals surface area contributed by atoms with Crippen molar-refractivity contribution in [1.29, 1.82) is 0 Å². The maximum Gasteiger partial charge on any atom is 0.214 e. The number of alkyl halides is 1. The van der Waals surface area contributed by atoms with Gasteiger partial charge in [0, 0.05) is 17.3 Å². The van der Waals surface area contributed by atoms with E-state index in [1.807, 2.05) is 60.7 Å². The monoisotopic (exact) mass is 283 g/mol. The fourth-order valence-corrected chi connectivity index (χ4v) is 2.36. The molecule has 100 valence electrons. The number of hydrogen-bond acceptors (Lipinski definition) is 2. The van der Waals surface area contributed by atoms with Gasteiger partial charge in [-0.05, 0) is 17.2 Å². The third kappa shape index (κ3) is 2.75. The smallest absolute Gasteiger partial charge is 0.214 e. The molecule has 2 nitrogen and oxygen atoms in total. The van der Waals surface area contributed by atoms with Crippen LogP contribution in [0, 0.1) is 0 Å². The van der Waals surface area contributed by atoms with Gasteiger partial charge in [0.1, 0.15) is 6.61 Å². The van der Waals surface area contributed by atoms with Gasteiger partial charge in [0.15, 0.2) is 0 Å². The van der Waals surface area contributed by atoms with Gasteiger partial charge in [0.25, 0.3) is 0 Å². The highest BCUT2D eigenvalue weighted by Crippen LogP contribution is 2.23. The number of halogens is 1. The number of fused-ring (bicyclic) bond motifs is 1. The van der Waals surface area contributed by atoms with E-state index in [-0.39, 0.29) is 0 Å². The molecule has 3 rings (SSSR count). The van der Waals surface area contributed by atoms with Crippen molar-refractivity contribution < 1.29 is 4.74 Å². The second-order valence-electron chi connectivity index (χ2n) is 4.54. The van der Waals surface area contributed by atoms with E-state index in [9.17, 15) is 0 Å².